The average Bonchev–Trinajstić information content (AvgIpc) is 2.51. The maximum absolute atomic E-state index is 11.0. The molecule has 0 atom stereocenters. The van der Waals surface area contributed by atoms with Crippen molar-refractivity contribution in [3.8, 4) is 0 Å². The van der Waals surface area contributed by atoms with Gasteiger partial charge in [0.15, 0.2) is 0 Å². The number of carboxylic acids is 1. The van der Waals surface area contributed by atoms with Crippen molar-refractivity contribution < 1.29 is 14.7 Å². The molecule has 0 saturated heterocycles. The Labute approximate surface area is 135 Å². The summed E-state index contributed by atoms with van der Waals surface area (Å²) >= 11 is 0. The summed E-state index contributed by atoms with van der Waals surface area (Å²) in [6.07, 6.45) is 8.98. The Bertz CT molecular complexity index is 696. The first kappa shape index (κ1) is 18.1. The summed E-state index contributed by atoms with van der Waals surface area (Å²) in [6, 6.07) is 1.59. The van der Waals surface area contributed by atoms with Gasteiger partial charge in [-0.05, 0) is 36.6 Å². The zero-order valence-corrected chi connectivity index (χ0v) is 13.3. The lowest BCUT2D eigenvalue weighted by Crippen LogP contribution is -2.21. The molecule has 0 aromatic carbocycles. The lowest BCUT2D eigenvalue weighted by molar-refractivity contribution is -0.118. The van der Waals surface area contributed by atoms with E-state index in [4.69, 9.17) is 5.11 Å². The van der Waals surface area contributed by atoms with E-state index >= 15 is 0 Å². The molecular formula is C18H20N2O3. The van der Waals surface area contributed by atoms with E-state index in [2.05, 4.69) is 22.6 Å². The number of carboxylic acid groups (broad SMARTS) is 1. The van der Waals surface area contributed by atoms with Crippen LogP contribution in [0.15, 0.2) is 60.1 Å². The van der Waals surface area contributed by atoms with Crippen LogP contribution in [-0.4, -0.2) is 28.5 Å². The van der Waals surface area contributed by atoms with Crippen molar-refractivity contribution in [1.29, 1.82) is 0 Å². The quantitative estimate of drug-likeness (QED) is 0.599. The topological polar surface area (TPSA) is 79.3 Å². The van der Waals surface area contributed by atoms with Gasteiger partial charge in [-0.2, -0.15) is 0 Å². The van der Waals surface area contributed by atoms with E-state index in [0.29, 0.717) is 13.0 Å². The molecule has 0 aliphatic rings. The first-order valence-corrected chi connectivity index (χ1v) is 7.06. The Morgan fingerprint density at radius 3 is 2.70 bits per heavy atom. The van der Waals surface area contributed by atoms with Gasteiger partial charge in [-0.1, -0.05) is 24.3 Å². The molecule has 1 heterocycles. The molecule has 0 unspecified atom stereocenters. The molecule has 2 N–H and O–H groups in total. The van der Waals surface area contributed by atoms with Crippen LogP contribution < -0.4 is 5.32 Å². The number of hydrogen-bond acceptors (Lipinski definition) is 3. The molecule has 0 bridgehead atoms. The third-order valence-electron chi connectivity index (χ3n) is 2.94. The van der Waals surface area contributed by atoms with Crippen LogP contribution in [0.25, 0.3) is 0 Å². The number of amides is 1. The molecule has 5 nitrogen and oxygen atoms in total. The van der Waals surface area contributed by atoms with Gasteiger partial charge in [-0.15, -0.1) is 5.73 Å². The monoisotopic (exact) mass is 312 g/mol. The number of carbonyl (C=O) groups is 2. The van der Waals surface area contributed by atoms with E-state index in [-0.39, 0.29) is 11.5 Å². The molecule has 0 fully saturated rings. The van der Waals surface area contributed by atoms with Crippen molar-refractivity contribution in [2.75, 3.05) is 6.54 Å². The number of nitrogens with zero attached hydrogens (tertiary/aromatic N) is 1. The second-order valence-electron chi connectivity index (χ2n) is 5.08. The van der Waals surface area contributed by atoms with Crippen molar-refractivity contribution in [2.45, 2.75) is 20.3 Å². The fourth-order valence-electron chi connectivity index (χ4n) is 1.80. The minimum absolute atomic E-state index is 0.0792. The SMILES string of the molecule is C=C=C/C(=C\C=C(/C)CNC(C)=O)Cc1cncc(C(=O)O)c1. The highest BCUT2D eigenvalue weighted by molar-refractivity contribution is 5.87. The number of carbonyl (C=O) groups excluding carboxylic acids is 1. The lowest BCUT2D eigenvalue weighted by atomic mass is 10.0. The summed E-state index contributed by atoms with van der Waals surface area (Å²) < 4.78 is 0. The highest BCUT2D eigenvalue weighted by Gasteiger charge is 2.05. The van der Waals surface area contributed by atoms with Gasteiger partial charge in [0.05, 0.1) is 5.56 Å². The Morgan fingerprint density at radius 1 is 1.35 bits per heavy atom. The summed E-state index contributed by atoms with van der Waals surface area (Å²) in [5.41, 5.74) is 5.56. The predicted octanol–water partition coefficient (Wildman–Crippen LogP) is 2.67. The second-order valence-corrected chi connectivity index (χ2v) is 5.08. The summed E-state index contributed by atoms with van der Waals surface area (Å²) in [4.78, 5) is 25.8. The number of aromatic carboxylic acids is 1. The zero-order chi connectivity index (χ0) is 17.2. The summed E-state index contributed by atoms with van der Waals surface area (Å²) in [7, 11) is 0. The molecule has 5 heteroatoms. The number of allylic oxidation sites excluding steroid dienone is 4. The summed E-state index contributed by atoms with van der Waals surface area (Å²) in [6.45, 7) is 7.43. The van der Waals surface area contributed by atoms with Gasteiger partial charge >= 0.3 is 5.97 Å². The van der Waals surface area contributed by atoms with Crippen LogP contribution in [0.1, 0.15) is 29.8 Å². The molecule has 0 aliphatic carbocycles. The van der Waals surface area contributed by atoms with E-state index in [9.17, 15) is 9.59 Å². The van der Waals surface area contributed by atoms with Crippen LogP contribution in [-0.2, 0) is 11.2 Å². The Morgan fingerprint density at radius 2 is 2.09 bits per heavy atom. The number of rotatable bonds is 7. The van der Waals surface area contributed by atoms with Gasteiger partial charge in [-0.25, -0.2) is 4.79 Å². The highest BCUT2D eigenvalue weighted by Crippen LogP contribution is 2.11. The minimum atomic E-state index is -1.00. The van der Waals surface area contributed by atoms with Crippen LogP contribution >= 0.6 is 0 Å². The largest absolute Gasteiger partial charge is 0.478 e. The minimum Gasteiger partial charge on any atom is -0.478 e. The maximum Gasteiger partial charge on any atom is 0.337 e. The number of hydrogen-bond donors (Lipinski definition) is 2. The summed E-state index contributed by atoms with van der Waals surface area (Å²) in [5.74, 6) is -1.08. The smallest absolute Gasteiger partial charge is 0.337 e. The first-order valence-electron chi connectivity index (χ1n) is 7.06. The van der Waals surface area contributed by atoms with Crippen LogP contribution in [0.3, 0.4) is 0 Å². The van der Waals surface area contributed by atoms with Crippen LogP contribution in [0, 0.1) is 0 Å². The first-order chi connectivity index (χ1) is 10.9. The molecule has 0 saturated carbocycles. The molecule has 0 aliphatic heterocycles. The predicted molar refractivity (Wildman–Crippen MR) is 89.1 cm³/mol. The molecule has 1 amide bonds. The van der Waals surface area contributed by atoms with E-state index < -0.39 is 5.97 Å². The molecule has 0 radical (unpaired) electrons. The van der Waals surface area contributed by atoms with E-state index in [1.54, 1.807) is 18.3 Å². The molecular weight excluding hydrogens is 292 g/mol. The van der Waals surface area contributed by atoms with E-state index in [1.165, 1.54) is 13.1 Å². The molecule has 0 spiro atoms. The molecule has 1 aromatic rings. The summed E-state index contributed by atoms with van der Waals surface area (Å²) in [5, 5.41) is 11.7. The van der Waals surface area contributed by atoms with Gasteiger partial charge in [0, 0.05) is 25.9 Å². The average molecular weight is 312 g/mol. The molecule has 1 aromatic heterocycles. The molecule has 1 rings (SSSR count). The number of aromatic nitrogens is 1. The van der Waals surface area contributed by atoms with Crippen molar-refractivity contribution in [2.24, 2.45) is 0 Å². The fourth-order valence-corrected chi connectivity index (χ4v) is 1.80. The van der Waals surface area contributed by atoms with E-state index in [1.807, 2.05) is 19.1 Å². The fraction of sp³-hybridized carbons (Fsp3) is 0.222. The van der Waals surface area contributed by atoms with E-state index in [0.717, 1.165) is 16.7 Å². The zero-order valence-electron chi connectivity index (χ0n) is 13.3. The number of pyridine rings is 1. The van der Waals surface area contributed by atoms with Crippen LogP contribution in [0.5, 0.6) is 0 Å². The standard InChI is InChI=1S/C18H20N2O3/c1-4-5-15(7-6-13(2)10-20-14(3)21)8-16-9-17(18(22)23)12-19-11-16/h5-7,9,11-12H,1,8,10H2,2-3H3,(H,20,21)(H,22,23)/b13-6+,15-7+. The highest BCUT2D eigenvalue weighted by atomic mass is 16.4. The third-order valence-corrected chi connectivity index (χ3v) is 2.94. The van der Waals surface area contributed by atoms with Crippen molar-refractivity contribution in [3.63, 3.8) is 0 Å². The second kappa shape index (κ2) is 9.18. The van der Waals surface area contributed by atoms with Gasteiger partial charge in [-0.3, -0.25) is 9.78 Å². The van der Waals surface area contributed by atoms with Gasteiger partial charge in [0.2, 0.25) is 5.91 Å². The van der Waals surface area contributed by atoms with Gasteiger partial charge < -0.3 is 10.4 Å². The normalized spacial score (nSPS) is 11.6. The van der Waals surface area contributed by atoms with Gasteiger partial charge in [0.1, 0.15) is 0 Å². The molecule has 23 heavy (non-hydrogen) atoms. The van der Waals surface area contributed by atoms with Crippen molar-refractivity contribution in [3.05, 3.63) is 71.3 Å². The lowest BCUT2D eigenvalue weighted by Gasteiger charge is -2.04. The van der Waals surface area contributed by atoms with Crippen LogP contribution in [0.2, 0.25) is 0 Å². The van der Waals surface area contributed by atoms with Crippen molar-refractivity contribution in [1.82, 2.24) is 10.3 Å². The Hall–Kier alpha value is -2.91. The molecule has 120 valence electrons. The number of nitrogens with one attached hydrogen (secondary N) is 1. The van der Waals surface area contributed by atoms with Crippen LogP contribution in [0.4, 0.5) is 0 Å². The maximum atomic E-state index is 11.0. The Balaban J connectivity index is 2.90. The van der Waals surface area contributed by atoms with Crippen molar-refractivity contribution >= 4 is 11.9 Å². The Kier molecular flexibility index (Phi) is 7.24. The van der Waals surface area contributed by atoms with Gasteiger partial charge in [0.25, 0.3) is 0 Å². The third kappa shape index (κ3) is 7.07.